The monoisotopic (exact) mass is 456 g/mol. The smallest absolute Gasteiger partial charge is 0.223 e. The molecule has 2 atom stereocenters. The number of benzene rings is 2. The summed E-state index contributed by atoms with van der Waals surface area (Å²) in [5.41, 5.74) is 2.42. The number of halogens is 3. The van der Waals surface area contributed by atoms with Gasteiger partial charge in [-0.05, 0) is 80.0 Å². The molecule has 5 rings (SSSR count). The second kappa shape index (κ2) is 8.86. The Kier molecular flexibility index (Phi) is 5.91. The normalized spacial score (nSPS) is 23.5. The van der Waals surface area contributed by atoms with Crippen molar-refractivity contribution in [3.05, 3.63) is 59.4 Å². The second-order valence-electron chi connectivity index (χ2n) is 9.46. The molecule has 2 fully saturated rings. The highest BCUT2D eigenvalue weighted by Gasteiger charge is 2.37. The van der Waals surface area contributed by atoms with Gasteiger partial charge in [0.15, 0.2) is 0 Å². The lowest BCUT2D eigenvalue weighted by Crippen LogP contribution is -2.45. The van der Waals surface area contributed by atoms with Crippen molar-refractivity contribution in [2.75, 3.05) is 13.2 Å². The lowest BCUT2D eigenvalue weighted by molar-refractivity contribution is -0.130. The molecule has 174 valence electrons. The van der Waals surface area contributed by atoms with Crippen molar-refractivity contribution in [1.82, 2.24) is 10.3 Å². The number of ether oxygens (including phenoxy) is 1. The third-order valence-electron chi connectivity index (χ3n) is 7.21. The summed E-state index contributed by atoms with van der Waals surface area (Å²) < 4.78 is 47.4. The molecule has 2 N–H and O–H groups in total. The van der Waals surface area contributed by atoms with Crippen molar-refractivity contribution in [2.24, 2.45) is 17.8 Å². The highest BCUT2D eigenvalue weighted by molar-refractivity contribution is 5.91. The van der Waals surface area contributed by atoms with Gasteiger partial charge in [0.2, 0.25) is 5.91 Å². The quantitative estimate of drug-likeness (QED) is 0.525. The van der Waals surface area contributed by atoms with E-state index in [2.05, 4.69) is 10.3 Å². The van der Waals surface area contributed by atoms with Crippen LogP contribution in [0.5, 0.6) is 0 Å². The Bertz CT molecular complexity index is 1160. The van der Waals surface area contributed by atoms with Crippen LogP contribution in [0, 0.1) is 35.2 Å². The largest absolute Gasteiger partial charge is 0.381 e. The lowest BCUT2D eigenvalue weighted by atomic mass is 9.71. The Morgan fingerprint density at radius 3 is 2.61 bits per heavy atom. The molecule has 2 heterocycles. The summed E-state index contributed by atoms with van der Waals surface area (Å²) in [5, 5.41) is 3.63. The first kappa shape index (κ1) is 22.0. The summed E-state index contributed by atoms with van der Waals surface area (Å²) in [4.78, 5) is 15.8. The van der Waals surface area contributed by atoms with Crippen molar-refractivity contribution in [3.8, 4) is 11.3 Å². The minimum absolute atomic E-state index is 0.0484. The molecule has 0 bridgehead atoms. The van der Waals surface area contributed by atoms with E-state index in [1.165, 1.54) is 18.2 Å². The van der Waals surface area contributed by atoms with Crippen LogP contribution < -0.4 is 5.32 Å². The predicted octanol–water partition coefficient (Wildman–Crippen LogP) is 5.36. The molecule has 4 nitrogen and oxygen atoms in total. The average molecular weight is 457 g/mol. The zero-order chi connectivity index (χ0) is 23.1. The molecule has 33 heavy (non-hydrogen) atoms. The number of aromatic nitrogens is 1. The molecule has 2 aromatic carbocycles. The fourth-order valence-electron chi connectivity index (χ4n) is 5.16. The van der Waals surface area contributed by atoms with E-state index in [0.29, 0.717) is 35.6 Å². The van der Waals surface area contributed by atoms with E-state index in [9.17, 15) is 18.0 Å². The van der Waals surface area contributed by atoms with Crippen LogP contribution in [0.2, 0.25) is 0 Å². The van der Waals surface area contributed by atoms with E-state index in [0.717, 1.165) is 37.5 Å². The van der Waals surface area contributed by atoms with Gasteiger partial charge in [0.25, 0.3) is 0 Å². The number of amides is 1. The number of aromatic amines is 1. The van der Waals surface area contributed by atoms with Gasteiger partial charge in [-0.15, -0.1) is 0 Å². The Balaban J connectivity index is 1.33. The zero-order valence-electron chi connectivity index (χ0n) is 18.5. The van der Waals surface area contributed by atoms with Crippen LogP contribution in [0.15, 0.2) is 36.4 Å². The molecule has 1 amide bonds. The van der Waals surface area contributed by atoms with Crippen LogP contribution in [0.3, 0.4) is 0 Å². The average Bonchev–Trinajstić information content (AvgIpc) is 3.39. The van der Waals surface area contributed by atoms with Crippen LogP contribution in [-0.2, 0) is 16.0 Å². The van der Waals surface area contributed by atoms with Crippen molar-refractivity contribution in [1.29, 1.82) is 0 Å². The fourth-order valence-corrected chi connectivity index (χ4v) is 5.16. The minimum atomic E-state index is -0.657. The Morgan fingerprint density at radius 1 is 1.15 bits per heavy atom. The van der Waals surface area contributed by atoms with Gasteiger partial charge in [-0.25, -0.2) is 13.2 Å². The molecule has 0 spiro atoms. The molecule has 2 aliphatic rings. The first-order valence-corrected chi connectivity index (χ1v) is 11.5. The summed E-state index contributed by atoms with van der Waals surface area (Å²) in [6.45, 7) is 3.46. The fraction of sp³-hybridized carbons (Fsp3) is 0.423. The SMILES string of the molecule is CC(NC(=O)C1CC(Cc2c(-c3ccc(F)cc3)[nH]c3c(F)cc(F)cc23)C1)C1CCOC1. The van der Waals surface area contributed by atoms with E-state index in [1.54, 1.807) is 12.1 Å². The van der Waals surface area contributed by atoms with Crippen LogP contribution in [0.25, 0.3) is 22.2 Å². The summed E-state index contributed by atoms with van der Waals surface area (Å²) in [7, 11) is 0. The Hall–Kier alpha value is -2.80. The summed E-state index contributed by atoms with van der Waals surface area (Å²) >= 11 is 0. The third kappa shape index (κ3) is 4.38. The van der Waals surface area contributed by atoms with E-state index in [4.69, 9.17) is 4.74 Å². The highest BCUT2D eigenvalue weighted by Crippen LogP contribution is 2.41. The molecular weight excluding hydrogens is 429 g/mol. The summed E-state index contributed by atoms with van der Waals surface area (Å²) in [5.74, 6) is -1.04. The van der Waals surface area contributed by atoms with Gasteiger partial charge >= 0.3 is 0 Å². The maximum absolute atomic E-state index is 14.5. The van der Waals surface area contributed by atoms with Crippen LogP contribution in [0.4, 0.5) is 13.2 Å². The molecule has 1 aliphatic heterocycles. The van der Waals surface area contributed by atoms with E-state index in [-0.39, 0.29) is 35.1 Å². The molecule has 2 unspecified atom stereocenters. The maximum atomic E-state index is 14.5. The zero-order valence-corrected chi connectivity index (χ0v) is 18.5. The number of fused-ring (bicyclic) bond motifs is 1. The predicted molar refractivity (Wildman–Crippen MR) is 120 cm³/mol. The number of nitrogens with one attached hydrogen (secondary N) is 2. The number of H-pyrrole nitrogens is 1. The highest BCUT2D eigenvalue weighted by atomic mass is 19.1. The number of carbonyl (C=O) groups is 1. The van der Waals surface area contributed by atoms with Crippen molar-refractivity contribution in [3.63, 3.8) is 0 Å². The molecule has 7 heteroatoms. The molecule has 1 aliphatic carbocycles. The topological polar surface area (TPSA) is 54.1 Å². The molecule has 1 saturated carbocycles. The molecule has 0 radical (unpaired) electrons. The van der Waals surface area contributed by atoms with Gasteiger partial charge in [0.05, 0.1) is 12.1 Å². The van der Waals surface area contributed by atoms with Crippen LogP contribution >= 0.6 is 0 Å². The molecule has 1 aromatic heterocycles. The molecule has 3 aromatic rings. The van der Waals surface area contributed by atoms with Gasteiger partial charge in [0, 0.05) is 41.6 Å². The minimum Gasteiger partial charge on any atom is -0.381 e. The lowest BCUT2D eigenvalue weighted by Gasteiger charge is -2.35. The Labute approximate surface area is 190 Å². The van der Waals surface area contributed by atoms with Crippen molar-refractivity contribution in [2.45, 2.75) is 38.6 Å². The molecule has 1 saturated heterocycles. The van der Waals surface area contributed by atoms with E-state index in [1.807, 2.05) is 6.92 Å². The standard InChI is InChI=1S/C26H27F3N2O2/c1-14(17-6-7-33-13-17)30-26(32)18-8-15(9-18)10-21-22-11-20(28)12-23(29)25(22)31-24(21)16-2-4-19(27)5-3-16/h2-5,11-12,14-15,17-18,31H,6-10,13H2,1H3,(H,30,32). The van der Waals surface area contributed by atoms with Crippen molar-refractivity contribution < 1.29 is 22.7 Å². The third-order valence-corrected chi connectivity index (χ3v) is 7.21. The van der Waals surface area contributed by atoms with Gasteiger partial charge < -0.3 is 15.0 Å². The number of rotatable bonds is 6. The maximum Gasteiger partial charge on any atom is 0.223 e. The van der Waals surface area contributed by atoms with E-state index < -0.39 is 11.6 Å². The number of hydrogen-bond acceptors (Lipinski definition) is 2. The van der Waals surface area contributed by atoms with E-state index >= 15 is 0 Å². The van der Waals surface area contributed by atoms with Crippen LogP contribution in [-0.4, -0.2) is 30.1 Å². The number of hydrogen-bond donors (Lipinski definition) is 2. The summed E-state index contributed by atoms with van der Waals surface area (Å²) in [6, 6.07) is 8.24. The van der Waals surface area contributed by atoms with Gasteiger partial charge in [-0.3, -0.25) is 4.79 Å². The second-order valence-corrected chi connectivity index (χ2v) is 9.46. The number of carbonyl (C=O) groups excluding carboxylic acids is 1. The first-order valence-electron chi connectivity index (χ1n) is 11.5. The van der Waals surface area contributed by atoms with Gasteiger partial charge in [-0.2, -0.15) is 0 Å². The van der Waals surface area contributed by atoms with Gasteiger partial charge in [0.1, 0.15) is 17.5 Å². The van der Waals surface area contributed by atoms with Crippen LogP contribution in [0.1, 0.15) is 31.7 Å². The van der Waals surface area contributed by atoms with Crippen molar-refractivity contribution >= 4 is 16.8 Å². The van der Waals surface area contributed by atoms with Gasteiger partial charge in [-0.1, -0.05) is 0 Å². The Morgan fingerprint density at radius 2 is 1.91 bits per heavy atom. The summed E-state index contributed by atoms with van der Waals surface area (Å²) in [6.07, 6.45) is 3.01. The molecular formula is C26H27F3N2O2. The first-order chi connectivity index (χ1) is 15.9.